The van der Waals surface area contributed by atoms with Gasteiger partial charge in [-0.25, -0.2) is 4.98 Å². The molecule has 0 amide bonds. The third-order valence-corrected chi connectivity index (χ3v) is 5.99. The molecule has 5 heteroatoms. The smallest absolute Gasteiger partial charge is 0.226 e. The molecule has 0 radical (unpaired) electrons. The third-order valence-electron chi connectivity index (χ3n) is 5.99. The second-order valence-corrected chi connectivity index (χ2v) is 8.19. The van der Waals surface area contributed by atoms with Gasteiger partial charge in [-0.15, -0.1) is 0 Å². The predicted molar refractivity (Wildman–Crippen MR) is 122 cm³/mol. The molecule has 158 valence electrons. The Balaban J connectivity index is 1.19. The number of piperidine rings is 1. The van der Waals surface area contributed by atoms with Crippen molar-refractivity contribution in [3.8, 4) is 11.5 Å². The van der Waals surface area contributed by atoms with Crippen LogP contribution in [0.4, 0.5) is 0 Å². The van der Waals surface area contributed by atoms with Crippen molar-refractivity contribution in [2.45, 2.75) is 39.0 Å². The first kappa shape index (κ1) is 19.9. The fourth-order valence-electron chi connectivity index (χ4n) is 4.15. The van der Waals surface area contributed by atoms with E-state index in [2.05, 4.69) is 52.3 Å². The van der Waals surface area contributed by atoms with Gasteiger partial charge in [0.2, 0.25) is 5.89 Å². The van der Waals surface area contributed by atoms with Gasteiger partial charge in [-0.05, 0) is 54.8 Å². The van der Waals surface area contributed by atoms with Crippen LogP contribution in [0.3, 0.4) is 0 Å². The van der Waals surface area contributed by atoms with E-state index >= 15 is 0 Å². The van der Waals surface area contributed by atoms with E-state index in [0.717, 1.165) is 55.2 Å². The van der Waals surface area contributed by atoms with Crippen LogP contribution >= 0.6 is 0 Å². The maximum atomic E-state index is 6.07. The number of ether oxygens (including phenoxy) is 1. The fraction of sp³-hybridized carbons (Fsp3) is 0.308. The number of rotatable bonds is 6. The van der Waals surface area contributed by atoms with Gasteiger partial charge in [0.05, 0.1) is 24.1 Å². The second kappa shape index (κ2) is 9.00. The Bertz CT molecular complexity index is 1150. The highest BCUT2D eigenvalue weighted by atomic mass is 16.5. The molecule has 0 spiro atoms. The number of aryl methyl sites for hydroxylation is 1. The van der Waals surface area contributed by atoms with Crippen LogP contribution in [-0.4, -0.2) is 34.1 Å². The molecule has 0 aliphatic carbocycles. The number of nitrogens with zero attached hydrogens (tertiary/aromatic N) is 3. The molecule has 0 unspecified atom stereocenters. The molecule has 0 bridgehead atoms. The molecule has 2 aromatic carbocycles. The normalized spacial score (nSPS) is 15.5. The van der Waals surface area contributed by atoms with Gasteiger partial charge in [0.25, 0.3) is 0 Å². The summed E-state index contributed by atoms with van der Waals surface area (Å²) in [6.07, 6.45) is 4.17. The molecule has 0 atom stereocenters. The molecular weight excluding hydrogens is 386 g/mol. The molecule has 1 fully saturated rings. The monoisotopic (exact) mass is 413 g/mol. The fourth-order valence-corrected chi connectivity index (χ4v) is 4.15. The Morgan fingerprint density at radius 1 is 1.00 bits per heavy atom. The first-order valence-corrected chi connectivity index (χ1v) is 10.9. The summed E-state index contributed by atoms with van der Waals surface area (Å²) < 4.78 is 12.1. The van der Waals surface area contributed by atoms with E-state index in [1.807, 2.05) is 31.3 Å². The minimum absolute atomic E-state index is 0.296. The van der Waals surface area contributed by atoms with Crippen molar-refractivity contribution in [1.29, 1.82) is 0 Å². The molecule has 5 rings (SSSR count). The topological polar surface area (TPSA) is 51.4 Å². The molecule has 4 aromatic rings. The number of likely N-dealkylation sites (tertiary alicyclic amines) is 1. The summed E-state index contributed by atoms with van der Waals surface area (Å²) in [4.78, 5) is 11.6. The van der Waals surface area contributed by atoms with Crippen LogP contribution in [0.5, 0.6) is 0 Å². The van der Waals surface area contributed by atoms with Crippen LogP contribution in [0.2, 0.25) is 0 Å². The summed E-state index contributed by atoms with van der Waals surface area (Å²) in [6, 6.07) is 20.7. The second-order valence-electron chi connectivity index (χ2n) is 8.19. The SMILES string of the molecule is Cc1oc(-c2ccc3ccccc3c2)nc1CN1CCC(OCc2ccccn2)CC1. The van der Waals surface area contributed by atoms with Crippen molar-refractivity contribution in [1.82, 2.24) is 14.9 Å². The molecule has 0 saturated carbocycles. The van der Waals surface area contributed by atoms with Gasteiger partial charge in [-0.2, -0.15) is 0 Å². The number of hydrogen-bond acceptors (Lipinski definition) is 5. The standard InChI is InChI=1S/C26H27N3O2/c1-19-25(28-26(31-19)22-10-9-20-6-2-3-7-21(20)16-22)17-29-14-11-24(12-15-29)30-18-23-8-4-5-13-27-23/h2-10,13,16,24H,11-12,14-15,17-18H2,1H3. The van der Waals surface area contributed by atoms with Crippen molar-refractivity contribution in [3.05, 3.63) is 84.0 Å². The lowest BCUT2D eigenvalue weighted by Gasteiger charge is -2.31. The highest BCUT2D eigenvalue weighted by Gasteiger charge is 2.22. The number of oxazole rings is 1. The summed E-state index contributed by atoms with van der Waals surface area (Å²) in [6.45, 7) is 5.42. The van der Waals surface area contributed by atoms with Gasteiger partial charge >= 0.3 is 0 Å². The molecule has 0 N–H and O–H groups in total. The van der Waals surface area contributed by atoms with E-state index in [1.54, 1.807) is 0 Å². The summed E-state index contributed by atoms with van der Waals surface area (Å²) in [5, 5.41) is 2.42. The van der Waals surface area contributed by atoms with Gasteiger partial charge in [-0.3, -0.25) is 9.88 Å². The largest absolute Gasteiger partial charge is 0.441 e. The number of hydrogen-bond donors (Lipinski definition) is 0. The zero-order chi connectivity index (χ0) is 21.0. The number of aromatic nitrogens is 2. The van der Waals surface area contributed by atoms with Crippen LogP contribution in [0.25, 0.3) is 22.2 Å². The minimum atomic E-state index is 0.296. The lowest BCUT2D eigenvalue weighted by atomic mass is 10.1. The molecule has 1 aliphatic heterocycles. The average Bonchev–Trinajstić information content (AvgIpc) is 3.19. The van der Waals surface area contributed by atoms with Crippen molar-refractivity contribution in [3.63, 3.8) is 0 Å². The van der Waals surface area contributed by atoms with E-state index in [0.29, 0.717) is 18.6 Å². The van der Waals surface area contributed by atoms with E-state index in [1.165, 1.54) is 10.8 Å². The van der Waals surface area contributed by atoms with E-state index < -0.39 is 0 Å². The van der Waals surface area contributed by atoms with E-state index in [-0.39, 0.29) is 0 Å². The molecular formula is C26H27N3O2. The summed E-state index contributed by atoms with van der Waals surface area (Å²) in [7, 11) is 0. The Labute approximate surface area is 182 Å². The summed E-state index contributed by atoms with van der Waals surface area (Å²) in [5.41, 5.74) is 3.04. The number of benzene rings is 2. The van der Waals surface area contributed by atoms with E-state index in [9.17, 15) is 0 Å². The maximum Gasteiger partial charge on any atom is 0.226 e. The maximum absolute atomic E-state index is 6.07. The first-order valence-electron chi connectivity index (χ1n) is 10.9. The van der Waals surface area contributed by atoms with Gasteiger partial charge in [0, 0.05) is 31.4 Å². The molecule has 1 aliphatic rings. The lowest BCUT2D eigenvalue weighted by Crippen LogP contribution is -2.36. The highest BCUT2D eigenvalue weighted by Crippen LogP contribution is 2.27. The molecule has 2 aromatic heterocycles. The van der Waals surface area contributed by atoms with Crippen molar-refractivity contribution >= 4 is 10.8 Å². The Morgan fingerprint density at radius 3 is 2.61 bits per heavy atom. The van der Waals surface area contributed by atoms with Gasteiger partial charge in [-0.1, -0.05) is 36.4 Å². The highest BCUT2D eigenvalue weighted by molar-refractivity contribution is 5.86. The molecule has 5 nitrogen and oxygen atoms in total. The van der Waals surface area contributed by atoms with Crippen LogP contribution in [0.15, 0.2) is 71.3 Å². The predicted octanol–water partition coefficient (Wildman–Crippen LogP) is 5.38. The Hall–Kier alpha value is -3.02. The van der Waals surface area contributed by atoms with Crippen molar-refractivity contribution < 1.29 is 9.15 Å². The number of pyridine rings is 1. The zero-order valence-corrected chi connectivity index (χ0v) is 17.8. The van der Waals surface area contributed by atoms with E-state index in [4.69, 9.17) is 14.1 Å². The first-order chi connectivity index (χ1) is 15.2. The molecule has 31 heavy (non-hydrogen) atoms. The van der Waals surface area contributed by atoms with Gasteiger partial charge < -0.3 is 9.15 Å². The third kappa shape index (κ3) is 4.68. The van der Waals surface area contributed by atoms with Crippen LogP contribution in [0, 0.1) is 6.92 Å². The van der Waals surface area contributed by atoms with Crippen LogP contribution in [-0.2, 0) is 17.9 Å². The molecule has 3 heterocycles. The van der Waals surface area contributed by atoms with Crippen LogP contribution in [0.1, 0.15) is 30.0 Å². The Morgan fingerprint density at radius 2 is 1.81 bits per heavy atom. The Kier molecular flexibility index (Phi) is 5.78. The quantitative estimate of drug-likeness (QED) is 0.425. The molecule has 1 saturated heterocycles. The van der Waals surface area contributed by atoms with Gasteiger partial charge in [0.1, 0.15) is 5.76 Å². The lowest BCUT2D eigenvalue weighted by molar-refractivity contribution is -0.00546. The zero-order valence-electron chi connectivity index (χ0n) is 17.8. The van der Waals surface area contributed by atoms with Crippen molar-refractivity contribution in [2.75, 3.05) is 13.1 Å². The summed E-state index contributed by atoms with van der Waals surface area (Å²) >= 11 is 0. The minimum Gasteiger partial charge on any atom is -0.441 e. The van der Waals surface area contributed by atoms with Gasteiger partial charge in [0.15, 0.2) is 0 Å². The summed E-state index contributed by atoms with van der Waals surface area (Å²) in [5.74, 6) is 1.60. The van der Waals surface area contributed by atoms with Crippen LogP contribution < -0.4 is 0 Å². The van der Waals surface area contributed by atoms with Crippen molar-refractivity contribution in [2.24, 2.45) is 0 Å². The number of fused-ring (bicyclic) bond motifs is 1. The average molecular weight is 414 g/mol.